The van der Waals surface area contributed by atoms with Gasteiger partial charge in [0.2, 0.25) is 0 Å². The van der Waals surface area contributed by atoms with Gasteiger partial charge in [-0.05, 0) is 41.3 Å². The molecule has 3 aromatic rings. The molecule has 22 heavy (non-hydrogen) atoms. The third-order valence-electron chi connectivity index (χ3n) is 4.15. The van der Waals surface area contributed by atoms with Crippen LogP contribution in [-0.4, -0.2) is 16.4 Å². The van der Waals surface area contributed by atoms with E-state index in [1.807, 2.05) is 22.7 Å². The van der Waals surface area contributed by atoms with Gasteiger partial charge in [0.05, 0.1) is 16.7 Å². The maximum absolute atomic E-state index is 4.77. The van der Waals surface area contributed by atoms with Crippen LogP contribution < -0.4 is 0 Å². The van der Waals surface area contributed by atoms with Gasteiger partial charge in [0, 0.05) is 28.2 Å². The predicted octanol–water partition coefficient (Wildman–Crippen LogP) is 4.98. The topological polar surface area (TPSA) is 16.1 Å². The van der Waals surface area contributed by atoms with Gasteiger partial charge in [-0.1, -0.05) is 13.0 Å². The molecule has 0 radical (unpaired) electrons. The van der Waals surface area contributed by atoms with E-state index < -0.39 is 0 Å². The van der Waals surface area contributed by atoms with E-state index in [2.05, 4.69) is 46.2 Å². The van der Waals surface area contributed by atoms with E-state index in [-0.39, 0.29) is 0 Å². The maximum Gasteiger partial charge on any atom is 0.0926 e. The molecule has 0 amide bonds. The van der Waals surface area contributed by atoms with Gasteiger partial charge in [-0.2, -0.15) is 0 Å². The molecule has 1 atom stereocenters. The highest BCUT2D eigenvalue weighted by atomic mass is 32.1. The van der Waals surface area contributed by atoms with Crippen LogP contribution in [0.5, 0.6) is 0 Å². The number of aromatic nitrogens is 1. The van der Waals surface area contributed by atoms with E-state index in [4.69, 9.17) is 4.98 Å². The Balaban J connectivity index is 1.66. The quantitative estimate of drug-likeness (QED) is 0.662. The van der Waals surface area contributed by atoms with E-state index in [1.54, 1.807) is 16.2 Å². The van der Waals surface area contributed by atoms with Crippen molar-refractivity contribution in [2.24, 2.45) is 0 Å². The summed E-state index contributed by atoms with van der Waals surface area (Å²) in [4.78, 5) is 10.4. The summed E-state index contributed by atoms with van der Waals surface area (Å²) in [5, 5.41) is 7.91. The van der Waals surface area contributed by atoms with Crippen molar-refractivity contribution in [3.63, 3.8) is 0 Å². The molecular formula is C17H18N2S3. The minimum Gasteiger partial charge on any atom is -0.285 e. The summed E-state index contributed by atoms with van der Waals surface area (Å²) in [7, 11) is 0. The summed E-state index contributed by atoms with van der Waals surface area (Å²) in [6, 6.07) is 7.15. The molecule has 4 rings (SSSR count). The third-order valence-corrected chi connectivity index (χ3v) is 7.11. The lowest BCUT2D eigenvalue weighted by Gasteiger charge is -2.35. The van der Waals surface area contributed by atoms with Crippen molar-refractivity contribution in [1.29, 1.82) is 0 Å². The van der Waals surface area contributed by atoms with Gasteiger partial charge >= 0.3 is 0 Å². The van der Waals surface area contributed by atoms with Crippen LogP contribution in [0.25, 0.3) is 0 Å². The highest BCUT2D eigenvalue weighted by molar-refractivity contribution is 7.10. The molecule has 0 fully saturated rings. The zero-order valence-corrected chi connectivity index (χ0v) is 14.9. The molecule has 0 aromatic carbocycles. The second-order valence-electron chi connectivity index (χ2n) is 5.52. The first-order chi connectivity index (χ1) is 10.8. The minimum absolute atomic E-state index is 0.404. The van der Waals surface area contributed by atoms with Gasteiger partial charge in [0.25, 0.3) is 0 Å². The fourth-order valence-electron chi connectivity index (χ4n) is 3.11. The third kappa shape index (κ3) is 2.67. The SMILES string of the molecule is CCc1nc(CN2CCc3sccc3C2c2cccs2)cs1. The summed E-state index contributed by atoms with van der Waals surface area (Å²) in [5.41, 5.74) is 2.73. The van der Waals surface area contributed by atoms with Gasteiger partial charge in [-0.25, -0.2) is 4.98 Å². The van der Waals surface area contributed by atoms with Gasteiger partial charge in [0.15, 0.2) is 0 Å². The zero-order chi connectivity index (χ0) is 14.9. The molecule has 3 aromatic heterocycles. The molecular weight excluding hydrogens is 328 g/mol. The van der Waals surface area contributed by atoms with Crippen molar-refractivity contribution in [3.8, 4) is 0 Å². The molecule has 2 nitrogen and oxygen atoms in total. The number of nitrogens with zero attached hydrogens (tertiary/aromatic N) is 2. The second-order valence-corrected chi connectivity index (χ2v) is 8.45. The molecule has 1 unspecified atom stereocenters. The number of hydrogen-bond donors (Lipinski definition) is 0. The summed E-state index contributed by atoms with van der Waals surface area (Å²) >= 11 is 5.56. The predicted molar refractivity (Wildman–Crippen MR) is 96.1 cm³/mol. The highest BCUT2D eigenvalue weighted by Gasteiger charge is 2.30. The average molecular weight is 347 g/mol. The van der Waals surface area contributed by atoms with Crippen LogP contribution in [0.15, 0.2) is 34.3 Å². The Kier molecular flexibility index (Phi) is 4.13. The fourth-order valence-corrected chi connectivity index (χ4v) is 5.63. The van der Waals surface area contributed by atoms with E-state index in [9.17, 15) is 0 Å². The number of thiazole rings is 1. The number of fused-ring (bicyclic) bond motifs is 1. The van der Waals surface area contributed by atoms with Crippen molar-refractivity contribution in [3.05, 3.63) is 60.4 Å². The Morgan fingerprint density at radius 3 is 2.95 bits per heavy atom. The molecule has 0 aliphatic carbocycles. The normalized spacial score (nSPS) is 18.5. The van der Waals surface area contributed by atoms with Gasteiger partial charge in [0.1, 0.15) is 0 Å². The van der Waals surface area contributed by atoms with Crippen molar-refractivity contribution in [2.75, 3.05) is 6.54 Å². The zero-order valence-electron chi connectivity index (χ0n) is 12.5. The minimum atomic E-state index is 0.404. The first-order valence-corrected chi connectivity index (χ1v) is 10.3. The van der Waals surface area contributed by atoms with Crippen LogP contribution >= 0.6 is 34.0 Å². The molecule has 4 heterocycles. The number of thiophene rings is 2. The molecule has 0 N–H and O–H groups in total. The monoisotopic (exact) mass is 346 g/mol. The van der Waals surface area contributed by atoms with E-state index >= 15 is 0 Å². The summed E-state index contributed by atoms with van der Waals surface area (Å²) in [6.07, 6.45) is 2.20. The maximum atomic E-state index is 4.77. The fraction of sp³-hybridized carbons (Fsp3) is 0.353. The Labute approximate surface area is 143 Å². The molecule has 0 saturated carbocycles. The largest absolute Gasteiger partial charge is 0.285 e. The summed E-state index contributed by atoms with van der Waals surface area (Å²) < 4.78 is 0. The van der Waals surface area contributed by atoms with Gasteiger partial charge in [-0.3, -0.25) is 4.90 Å². The van der Waals surface area contributed by atoms with Crippen LogP contribution in [0.4, 0.5) is 0 Å². The van der Waals surface area contributed by atoms with Gasteiger partial charge < -0.3 is 0 Å². The van der Waals surface area contributed by atoms with Crippen LogP contribution in [0.1, 0.15) is 39.0 Å². The van der Waals surface area contributed by atoms with E-state index in [1.165, 1.54) is 27.6 Å². The second kappa shape index (κ2) is 6.24. The van der Waals surface area contributed by atoms with Crippen LogP contribution in [0.2, 0.25) is 0 Å². The molecule has 0 spiro atoms. The van der Waals surface area contributed by atoms with Crippen LogP contribution in [-0.2, 0) is 19.4 Å². The Hall–Kier alpha value is -1.01. The Morgan fingerprint density at radius 1 is 1.23 bits per heavy atom. The lowest BCUT2D eigenvalue weighted by atomic mass is 9.98. The Bertz CT molecular complexity index is 742. The van der Waals surface area contributed by atoms with Gasteiger partial charge in [-0.15, -0.1) is 34.0 Å². The van der Waals surface area contributed by atoms with Crippen molar-refractivity contribution in [2.45, 2.75) is 32.4 Å². The molecule has 1 aliphatic heterocycles. The van der Waals surface area contributed by atoms with E-state index in [0.29, 0.717) is 6.04 Å². The standard InChI is InChI=1S/C17H18N2S3/c1-2-16-18-12(11-22-16)10-19-7-5-14-13(6-9-21-14)17(19)15-4-3-8-20-15/h3-4,6,8-9,11,17H,2,5,7,10H2,1H3. The summed E-state index contributed by atoms with van der Waals surface area (Å²) in [5.74, 6) is 0. The van der Waals surface area contributed by atoms with Crippen molar-refractivity contribution < 1.29 is 0 Å². The van der Waals surface area contributed by atoms with Crippen molar-refractivity contribution in [1.82, 2.24) is 9.88 Å². The lowest BCUT2D eigenvalue weighted by molar-refractivity contribution is 0.207. The smallest absolute Gasteiger partial charge is 0.0926 e. The molecule has 114 valence electrons. The Morgan fingerprint density at radius 2 is 2.18 bits per heavy atom. The molecule has 0 saturated heterocycles. The van der Waals surface area contributed by atoms with E-state index in [0.717, 1.165) is 19.5 Å². The average Bonchev–Trinajstić information content (AvgIpc) is 3.28. The molecule has 5 heteroatoms. The van der Waals surface area contributed by atoms with Crippen LogP contribution in [0, 0.1) is 0 Å². The van der Waals surface area contributed by atoms with Crippen molar-refractivity contribution >= 4 is 34.0 Å². The lowest BCUT2D eigenvalue weighted by Crippen LogP contribution is -2.34. The first kappa shape index (κ1) is 14.6. The number of hydrogen-bond acceptors (Lipinski definition) is 5. The first-order valence-electron chi connectivity index (χ1n) is 7.62. The highest BCUT2D eigenvalue weighted by Crippen LogP contribution is 2.40. The van der Waals surface area contributed by atoms with Crippen LogP contribution in [0.3, 0.4) is 0 Å². The molecule has 1 aliphatic rings. The molecule has 0 bridgehead atoms. The number of aryl methyl sites for hydroxylation is 1. The number of rotatable bonds is 4. The summed E-state index contributed by atoms with van der Waals surface area (Å²) in [6.45, 7) is 4.25.